The maximum absolute atomic E-state index is 13.2. The van der Waals surface area contributed by atoms with Crippen LogP contribution in [0.2, 0.25) is 0 Å². The third-order valence-electron chi connectivity index (χ3n) is 6.20. The van der Waals surface area contributed by atoms with Crippen LogP contribution in [-0.4, -0.2) is 41.6 Å². The number of amides is 3. The van der Waals surface area contributed by atoms with Crippen molar-refractivity contribution in [1.29, 1.82) is 0 Å². The number of aliphatic hydroxyl groups excluding tert-OH is 1. The first-order valence-corrected chi connectivity index (χ1v) is 11.2. The Hall–Kier alpha value is -2.86. The van der Waals surface area contributed by atoms with Gasteiger partial charge in [-0.1, -0.05) is 55.3 Å². The zero-order valence-corrected chi connectivity index (χ0v) is 18.2. The molecular formula is C25H33N3O3. The molecule has 0 aliphatic heterocycles. The lowest BCUT2D eigenvalue weighted by Crippen LogP contribution is -2.44. The van der Waals surface area contributed by atoms with Crippen LogP contribution in [0, 0.1) is 5.92 Å². The summed E-state index contributed by atoms with van der Waals surface area (Å²) < 4.78 is 0. The number of nitrogens with zero attached hydrogens (tertiary/aromatic N) is 2. The van der Waals surface area contributed by atoms with E-state index in [9.17, 15) is 14.7 Å². The Balaban J connectivity index is 1.81. The van der Waals surface area contributed by atoms with Gasteiger partial charge in [0.1, 0.15) is 0 Å². The lowest BCUT2D eigenvalue weighted by atomic mass is 9.75. The maximum Gasteiger partial charge on any atom is 0.324 e. The Morgan fingerprint density at radius 3 is 2.32 bits per heavy atom. The summed E-state index contributed by atoms with van der Waals surface area (Å²) >= 11 is 0. The third-order valence-corrected chi connectivity index (χ3v) is 6.20. The number of hydrogen-bond acceptors (Lipinski definition) is 3. The summed E-state index contributed by atoms with van der Waals surface area (Å²) in [4.78, 5) is 28.5. The van der Waals surface area contributed by atoms with Gasteiger partial charge in [-0.25, -0.2) is 4.79 Å². The molecule has 0 saturated heterocycles. The average Bonchev–Trinajstić information content (AvgIpc) is 2.81. The summed E-state index contributed by atoms with van der Waals surface area (Å²) in [6, 6.07) is 17.7. The predicted octanol–water partition coefficient (Wildman–Crippen LogP) is 3.89. The second kappa shape index (κ2) is 11.0. The molecule has 2 aromatic rings. The van der Waals surface area contributed by atoms with Gasteiger partial charge in [-0.3, -0.25) is 9.69 Å². The number of rotatable bonds is 8. The van der Waals surface area contributed by atoms with Gasteiger partial charge in [0.2, 0.25) is 5.91 Å². The van der Waals surface area contributed by atoms with Crippen LogP contribution in [0.3, 0.4) is 0 Å². The second-order valence-electron chi connectivity index (χ2n) is 8.15. The number of anilines is 1. The van der Waals surface area contributed by atoms with Crippen LogP contribution in [0.1, 0.15) is 49.7 Å². The Morgan fingerprint density at radius 1 is 1.03 bits per heavy atom. The molecule has 2 aromatic carbocycles. The smallest absolute Gasteiger partial charge is 0.324 e. The summed E-state index contributed by atoms with van der Waals surface area (Å²) in [7, 11) is 0. The largest absolute Gasteiger partial charge is 0.395 e. The van der Waals surface area contributed by atoms with Crippen molar-refractivity contribution >= 4 is 17.6 Å². The lowest BCUT2D eigenvalue weighted by Gasteiger charge is -2.31. The van der Waals surface area contributed by atoms with E-state index in [-0.39, 0.29) is 30.4 Å². The summed E-state index contributed by atoms with van der Waals surface area (Å²) in [5, 5.41) is 9.33. The fourth-order valence-corrected chi connectivity index (χ4v) is 4.48. The van der Waals surface area contributed by atoms with Crippen molar-refractivity contribution < 1.29 is 14.7 Å². The van der Waals surface area contributed by atoms with E-state index in [1.807, 2.05) is 49.4 Å². The predicted molar refractivity (Wildman–Crippen MR) is 123 cm³/mol. The minimum Gasteiger partial charge on any atom is -0.395 e. The Kier molecular flexibility index (Phi) is 8.06. The SMILES string of the molecule is CCN(CCO)C(=O)N(Cc1ccc(C2CCCCC2C(N)=O)cc1)c1ccccc1. The summed E-state index contributed by atoms with van der Waals surface area (Å²) in [6.07, 6.45) is 4.01. The van der Waals surface area contributed by atoms with Gasteiger partial charge in [-0.2, -0.15) is 0 Å². The first-order chi connectivity index (χ1) is 15.0. The van der Waals surface area contributed by atoms with Crippen molar-refractivity contribution in [2.75, 3.05) is 24.6 Å². The van der Waals surface area contributed by atoms with Crippen molar-refractivity contribution in [3.05, 3.63) is 65.7 Å². The van der Waals surface area contributed by atoms with E-state index in [1.165, 1.54) is 0 Å². The molecule has 6 nitrogen and oxygen atoms in total. The zero-order chi connectivity index (χ0) is 22.2. The Bertz CT molecular complexity index is 854. The fraction of sp³-hybridized carbons (Fsp3) is 0.440. The van der Waals surface area contributed by atoms with Gasteiger partial charge in [0, 0.05) is 24.7 Å². The van der Waals surface area contributed by atoms with Crippen molar-refractivity contribution in [3.8, 4) is 0 Å². The molecule has 1 saturated carbocycles. The van der Waals surface area contributed by atoms with Crippen LogP contribution in [-0.2, 0) is 11.3 Å². The number of aliphatic hydroxyl groups is 1. The van der Waals surface area contributed by atoms with Crippen LogP contribution in [0.5, 0.6) is 0 Å². The molecule has 3 N–H and O–H groups in total. The third kappa shape index (κ3) is 5.64. The van der Waals surface area contributed by atoms with Gasteiger partial charge in [-0.05, 0) is 48.9 Å². The number of primary amides is 1. The molecule has 0 spiro atoms. The highest BCUT2D eigenvalue weighted by molar-refractivity contribution is 5.92. The molecule has 1 aliphatic carbocycles. The highest BCUT2D eigenvalue weighted by Crippen LogP contribution is 2.37. The van der Waals surface area contributed by atoms with Gasteiger partial charge in [0.05, 0.1) is 13.2 Å². The standard InChI is InChI=1S/C25H33N3O3/c1-2-27(16-17-29)25(31)28(21-8-4-3-5-9-21)18-19-12-14-20(15-13-19)22-10-6-7-11-23(22)24(26)30/h3-5,8-9,12-15,22-23,29H,2,6-7,10-11,16-18H2,1H3,(H2,26,30). The van der Waals surface area contributed by atoms with E-state index in [2.05, 4.69) is 12.1 Å². The first kappa shape index (κ1) is 22.8. The molecule has 2 atom stereocenters. The van der Waals surface area contributed by atoms with Crippen LogP contribution < -0.4 is 10.6 Å². The van der Waals surface area contributed by atoms with Gasteiger partial charge < -0.3 is 15.7 Å². The van der Waals surface area contributed by atoms with Crippen molar-refractivity contribution in [2.24, 2.45) is 11.7 Å². The van der Waals surface area contributed by atoms with Gasteiger partial charge in [0.15, 0.2) is 0 Å². The zero-order valence-electron chi connectivity index (χ0n) is 18.2. The summed E-state index contributed by atoms with van der Waals surface area (Å²) in [5.41, 5.74) is 8.61. The molecule has 1 aliphatic rings. The second-order valence-corrected chi connectivity index (χ2v) is 8.15. The van der Waals surface area contributed by atoms with Gasteiger partial charge in [0.25, 0.3) is 0 Å². The molecule has 1 fully saturated rings. The molecule has 166 valence electrons. The fourth-order valence-electron chi connectivity index (χ4n) is 4.48. The quantitative estimate of drug-likeness (QED) is 0.675. The van der Waals surface area contributed by atoms with Crippen molar-refractivity contribution in [2.45, 2.75) is 45.1 Å². The normalized spacial score (nSPS) is 18.4. The molecule has 2 unspecified atom stereocenters. The average molecular weight is 424 g/mol. The molecular weight excluding hydrogens is 390 g/mol. The molecule has 6 heteroatoms. The minimum atomic E-state index is -0.210. The lowest BCUT2D eigenvalue weighted by molar-refractivity contribution is -0.123. The monoisotopic (exact) mass is 423 g/mol. The number of likely N-dealkylation sites (N-methyl/N-ethyl adjacent to an activating group) is 1. The molecule has 31 heavy (non-hydrogen) atoms. The number of urea groups is 1. The molecule has 0 aromatic heterocycles. The highest BCUT2D eigenvalue weighted by Gasteiger charge is 2.30. The van der Waals surface area contributed by atoms with Gasteiger partial charge >= 0.3 is 6.03 Å². The van der Waals surface area contributed by atoms with E-state index in [1.54, 1.807) is 9.80 Å². The number of carbonyl (C=O) groups is 2. The number of hydrogen-bond donors (Lipinski definition) is 2. The topological polar surface area (TPSA) is 86.9 Å². The Morgan fingerprint density at radius 2 is 1.71 bits per heavy atom. The minimum absolute atomic E-state index is 0.0701. The molecule has 3 rings (SSSR count). The van der Waals surface area contributed by atoms with Crippen molar-refractivity contribution in [3.63, 3.8) is 0 Å². The van der Waals surface area contributed by atoms with Crippen LogP contribution in [0.4, 0.5) is 10.5 Å². The van der Waals surface area contributed by atoms with E-state index < -0.39 is 0 Å². The van der Waals surface area contributed by atoms with Crippen LogP contribution in [0.15, 0.2) is 54.6 Å². The first-order valence-electron chi connectivity index (χ1n) is 11.2. The highest BCUT2D eigenvalue weighted by atomic mass is 16.3. The van der Waals surface area contributed by atoms with E-state index in [4.69, 9.17) is 5.73 Å². The van der Waals surface area contributed by atoms with Crippen LogP contribution >= 0.6 is 0 Å². The van der Waals surface area contributed by atoms with Crippen molar-refractivity contribution in [1.82, 2.24) is 4.90 Å². The number of benzene rings is 2. The van der Waals surface area contributed by atoms with Gasteiger partial charge in [-0.15, -0.1) is 0 Å². The van der Waals surface area contributed by atoms with E-state index in [0.29, 0.717) is 19.6 Å². The summed E-state index contributed by atoms with van der Waals surface area (Å²) in [6.45, 7) is 3.09. The van der Waals surface area contributed by atoms with Crippen LogP contribution in [0.25, 0.3) is 0 Å². The summed E-state index contributed by atoms with van der Waals surface area (Å²) in [5.74, 6) is -0.135. The molecule has 3 amide bonds. The maximum atomic E-state index is 13.2. The Labute approximate surface area is 184 Å². The number of para-hydroxylation sites is 1. The molecule has 0 heterocycles. The molecule has 0 bridgehead atoms. The molecule has 0 radical (unpaired) electrons. The van der Waals surface area contributed by atoms with E-state index >= 15 is 0 Å². The number of nitrogens with two attached hydrogens (primary N) is 1. The number of carbonyl (C=O) groups excluding carboxylic acids is 2. The van der Waals surface area contributed by atoms with E-state index in [0.717, 1.165) is 42.5 Å².